The molecule has 0 saturated carbocycles. The van der Waals surface area contributed by atoms with Gasteiger partial charge in [-0.05, 0) is 23.8 Å². The minimum atomic E-state index is -3.76. The summed E-state index contributed by atoms with van der Waals surface area (Å²) in [6.45, 7) is 0. The van der Waals surface area contributed by atoms with E-state index in [-0.39, 0.29) is 5.75 Å². The molecular weight excluding hydrogens is 212 g/mol. The highest BCUT2D eigenvalue weighted by Crippen LogP contribution is 2.20. The summed E-state index contributed by atoms with van der Waals surface area (Å²) in [4.78, 5) is 0. The largest absolute Gasteiger partial charge is 0.497 e. The van der Waals surface area contributed by atoms with E-state index < -0.39 is 9.15 Å². The van der Waals surface area contributed by atoms with Crippen molar-refractivity contribution in [1.29, 1.82) is 0 Å². The van der Waals surface area contributed by atoms with E-state index in [1.165, 1.54) is 19.2 Å². The lowest BCUT2D eigenvalue weighted by atomic mass is 10.3. The smallest absolute Gasteiger partial charge is 0.363 e. The summed E-state index contributed by atoms with van der Waals surface area (Å²) in [6.07, 6.45) is 0. The Morgan fingerprint density at radius 2 is 1.92 bits per heavy atom. The lowest BCUT2D eigenvalue weighted by molar-refractivity contribution is 0.412. The highest BCUT2D eigenvalue weighted by atomic mass is 33.1. The van der Waals surface area contributed by atoms with Gasteiger partial charge in [-0.15, -0.1) is 0 Å². The number of hydrogen-bond donors (Lipinski definition) is 1. The molecule has 0 spiro atoms. The molecular formula is C7H8O4S2. The minimum absolute atomic E-state index is 0.175. The van der Waals surface area contributed by atoms with Crippen LogP contribution in [0.1, 0.15) is 0 Å². The third-order valence-electron chi connectivity index (χ3n) is 1.24. The van der Waals surface area contributed by atoms with Crippen LogP contribution in [0.2, 0.25) is 0 Å². The summed E-state index contributed by atoms with van der Waals surface area (Å²) >= 11 is 3.24. The van der Waals surface area contributed by atoms with E-state index in [0.717, 1.165) is 0 Å². The zero-order valence-electron chi connectivity index (χ0n) is 6.80. The van der Waals surface area contributed by atoms with Gasteiger partial charge in [0.2, 0.25) is 0 Å². The molecule has 6 heteroatoms. The molecule has 4 nitrogen and oxygen atoms in total. The predicted octanol–water partition coefficient (Wildman–Crippen LogP) is 1.25. The zero-order chi connectivity index (χ0) is 9.90. The molecule has 0 N–H and O–H groups in total. The molecule has 0 aliphatic carbocycles. The summed E-state index contributed by atoms with van der Waals surface area (Å²) in [5.74, 6) is 0.698. The fraction of sp³-hybridized carbons (Fsp3) is 0.143. The van der Waals surface area contributed by atoms with Crippen LogP contribution in [0.5, 0.6) is 11.5 Å². The van der Waals surface area contributed by atoms with Crippen LogP contribution in [0.25, 0.3) is 0 Å². The molecule has 13 heavy (non-hydrogen) atoms. The quantitative estimate of drug-likeness (QED) is 0.615. The van der Waals surface area contributed by atoms with E-state index in [4.69, 9.17) is 4.74 Å². The summed E-state index contributed by atoms with van der Waals surface area (Å²) in [6, 6.07) is 6.25. The Bertz CT molecular complexity index is 385. The summed E-state index contributed by atoms with van der Waals surface area (Å²) < 4.78 is 30.6. The number of hydrogen-bond acceptors (Lipinski definition) is 4. The molecule has 1 aromatic rings. The Morgan fingerprint density at radius 1 is 1.31 bits per heavy atom. The van der Waals surface area contributed by atoms with E-state index >= 15 is 0 Å². The summed E-state index contributed by atoms with van der Waals surface area (Å²) in [5, 5.41) is 0. The van der Waals surface area contributed by atoms with E-state index in [2.05, 4.69) is 15.8 Å². The van der Waals surface area contributed by atoms with Gasteiger partial charge in [0.25, 0.3) is 0 Å². The molecule has 0 aliphatic heterocycles. The third kappa shape index (κ3) is 3.56. The van der Waals surface area contributed by atoms with Crippen molar-refractivity contribution in [2.45, 2.75) is 0 Å². The highest BCUT2D eigenvalue weighted by Gasteiger charge is 2.05. The second-order valence-electron chi connectivity index (χ2n) is 2.19. The van der Waals surface area contributed by atoms with Crippen LogP contribution in [0.15, 0.2) is 24.3 Å². The molecule has 72 valence electrons. The third-order valence-corrected chi connectivity index (χ3v) is 1.87. The highest BCUT2D eigenvalue weighted by molar-refractivity contribution is 8.61. The second-order valence-corrected chi connectivity index (χ2v) is 4.55. The standard InChI is InChI=1S/C7H8O4S2/c1-10-6-3-2-4-7(5-6)11-13(8,9)12/h2-5H,1H3,(H,8,9,12). The van der Waals surface area contributed by atoms with Crippen molar-refractivity contribution in [2.24, 2.45) is 0 Å². The first-order valence-electron chi connectivity index (χ1n) is 3.32. The number of rotatable bonds is 3. The van der Waals surface area contributed by atoms with Crippen molar-refractivity contribution in [3.8, 4) is 11.5 Å². The Balaban J connectivity index is 2.90. The number of thiol groups is 1. The molecule has 0 bridgehead atoms. The molecule has 0 saturated heterocycles. The lowest BCUT2D eigenvalue weighted by Gasteiger charge is -2.03. The van der Waals surface area contributed by atoms with Gasteiger partial charge in [0.15, 0.2) is 0 Å². The summed E-state index contributed by atoms with van der Waals surface area (Å²) in [5.41, 5.74) is 0. The molecule has 1 aromatic carbocycles. The van der Waals surface area contributed by atoms with Crippen LogP contribution in [-0.4, -0.2) is 15.5 Å². The van der Waals surface area contributed by atoms with Gasteiger partial charge < -0.3 is 8.92 Å². The van der Waals surface area contributed by atoms with Crippen LogP contribution in [-0.2, 0) is 9.15 Å². The monoisotopic (exact) mass is 220 g/mol. The SMILES string of the molecule is COc1cccc(OS(=O)(=O)S)c1. The van der Waals surface area contributed by atoms with Crippen LogP contribution in [0.4, 0.5) is 0 Å². The normalized spacial score (nSPS) is 10.9. The molecule has 0 aliphatic rings. The van der Waals surface area contributed by atoms with Gasteiger partial charge in [0, 0.05) is 6.07 Å². The van der Waals surface area contributed by atoms with Gasteiger partial charge in [-0.2, -0.15) is 8.42 Å². The summed E-state index contributed by atoms with van der Waals surface area (Å²) in [7, 11) is -2.28. The number of benzene rings is 1. The predicted molar refractivity (Wildman–Crippen MR) is 51.5 cm³/mol. The van der Waals surface area contributed by atoms with Crippen molar-refractivity contribution in [1.82, 2.24) is 0 Å². The Kier molecular flexibility index (Phi) is 3.05. The Morgan fingerprint density at radius 3 is 2.46 bits per heavy atom. The van der Waals surface area contributed by atoms with E-state index in [1.54, 1.807) is 12.1 Å². The molecule has 1 rings (SSSR count). The van der Waals surface area contributed by atoms with E-state index in [9.17, 15) is 8.42 Å². The molecule has 0 amide bonds. The van der Waals surface area contributed by atoms with Crippen molar-refractivity contribution in [3.05, 3.63) is 24.3 Å². The fourth-order valence-electron chi connectivity index (χ4n) is 0.775. The first-order valence-corrected chi connectivity index (χ1v) is 5.78. The molecule has 0 heterocycles. The first kappa shape index (κ1) is 10.2. The van der Waals surface area contributed by atoms with Crippen LogP contribution < -0.4 is 8.92 Å². The zero-order valence-corrected chi connectivity index (χ0v) is 8.51. The maximum atomic E-state index is 10.6. The van der Waals surface area contributed by atoms with Gasteiger partial charge >= 0.3 is 9.15 Å². The average molecular weight is 220 g/mol. The van der Waals surface area contributed by atoms with Gasteiger partial charge in [0.05, 0.1) is 7.11 Å². The molecule has 0 aromatic heterocycles. The van der Waals surface area contributed by atoms with Gasteiger partial charge in [-0.25, -0.2) is 0 Å². The number of ether oxygens (including phenoxy) is 1. The minimum Gasteiger partial charge on any atom is -0.497 e. The van der Waals surface area contributed by atoms with E-state index in [0.29, 0.717) is 5.75 Å². The maximum Gasteiger partial charge on any atom is 0.363 e. The van der Waals surface area contributed by atoms with E-state index in [1.807, 2.05) is 0 Å². The second kappa shape index (κ2) is 3.89. The van der Waals surface area contributed by atoms with Crippen molar-refractivity contribution in [2.75, 3.05) is 7.11 Å². The molecule has 0 fully saturated rings. The van der Waals surface area contributed by atoms with Gasteiger partial charge in [-0.3, -0.25) is 0 Å². The van der Waals surface area contributed by atoms with Crippen molar-refractivity contribution >= 4 is 20.8 Å². The van der Waals surface area contributed by atoms with Gasteiger partial charge in [-0.1, -0.05) is 6.07 Å². The Labute approximate surface area is 81.4 Å². The van der Waals surface area contributed by atoms with Crippen molar-refractivity contribution < 1.29 is 17.3 Å². The van der Waals surface area contributed by atoms with Crippen LogP contribution >= 0.6 is 11.7 Å². The molecule has 0 atom stereocenters. The van der Waals surface area contributed by atoms with Crippen LogP contribution in [0, 0.1) is 0 Å². The first-order chi connectivity index (χ1) is 6.01. The van der Waals surface area contributed by atoms with Crippen molar-refractivity contribution in [3.63, 3.8) is 0 Å². The average Bonchev–Trinajstić information content (AvgIpc) is 2.01. The molecule has 0 unspecified atom stereocenters. The van der Waals surface area contributed by atoms with Gasteiger partial charge in [0.1, 0.15) is 11.5 Å². The lowest BCUT2D eigenvalue weighted by Crippen LogP contribution is -1.99. The van der Waals surface area contributed by atoms with Crippen LogP contribution in [0.3, 0.4) is 0 Å². The molecule has 0 radical (unpaired) electrons. The number of methoxy groups -OCH3 is 1. The Hall–Kier alpha value is -0.880. The topological polar surface area (TPSA) is 52.6 Å². The maximum absolute atomic E-state index is 10.6. The fourth-order valence-corrected chi connectivity index (χ4v) is 1.38.